The minimum absolute atomic E-state index is 0.00328. The fraction of sp³-hybridized carbons (Fsp3) is 0.900. The van der Waals surface area contributed by atoms with Gasteiger partial charge in [0, 0.05) is 19.5 Å². The van der Waals surface area contributed by atoms with Gasteiger partial charge in [0.1, 0.15) is 0 Å². The Morgan fingerprint density at radius 1 is 1.47 bits per heavy atom. The first-order chi connectivity index (χ1) is 7.81. The van der Waals surface area contributed by atoms with Crippen molar-refractivity contribution in [3.63, 3.8) is 0 Å². The van der Waals surface area contributed by atoms with Crippen LogP contribution in [0.4, 0.5) is 13.2 Å². The third-order valence-electron chi connectivity index (χ3n) is 2.70. The van der Waals surface area contributed by atoms with E-state index in [1.54, 1.807) is 0 Å². The first kappa shape index (κ1) is 14.2. The van der Waals surface area contributed by atoms with Gasteiger partial charge in [0.25, 0.3) is 0 Å². The Kier molecular flexibility index (Phi) is 4.76. The van der Waals surface area contributed by atoms with Crippen LogP contribution in [0.15, 0.2) is 0 Å². The number of carbonyl (C=O) groups is 1. The summed E-state index contributed by atoms with van der Waals surface area (Å²) in [4.78, 5) is 11.1. The maximum atomic E-state index is 11.8. The molecule has 3 N–H and O–H groups in total. The van der Waals surface area contributed by atoms with Crippen molar-refractivity contribution in [1.29, 1.82) is 0 Å². The van der Waals surface area contributed by atoms with Crippen molar-refractivity contribution in [3.05, 3.63) is 0 Å². The van der Waals surface area contributed by atoms with E-state index in [2.05, 4.69) is 10.6 Å². The van der Waals surface area contributed by atoms with Crippen LogP contribution in [0.3, 0.4) is 0 Å². The summed E-state index contributed by atoms with van der Waals surface area (Å²) in [6, 6.07) is 0. The summed E-state index contributed by atoms with van der Waals surface area (Å²) < 4.78 is 35.5. The van der Waals surface area contributed by atoms with Crippen molar-refractivity contribution in [3.8, 4) is 0 Å². The number of aliphatic hydroxyl groups is 1. The van der Waals surface area contributed by atoms with Crippen LogP contribution in [0.25, 0.3) is 0 Å². The van der Waals surface area contributed by atoms with Crippen molar-refractivity contribution in [1.82, 2.24) is 10.6 Å². The van der Waals surface area contributed by atoms with Gasteiger partial charge in [-0.05, 0) is 19.4 Å². The van der Waals surface area contributed by atoms with Gasteiger partial charge in [0.05, 0.1) is 12.0 Å². The number of hydrogen-bond donors (Lipinski definition) is 3. The number of rotatable bonds is 4. The number of hydrogen-bond acceptors (Lipinski definition) is 3. The van der Waals surface area contributed by atoms with Gasteiger partial charge in [-0.15, -0.1) is 0 Å². The second-order valence-corrected chi connectivity index (χ2v) is 4.40. The topological polar surface area (TPSA) is 61.4 Å². The Morgan fingerprint density at radius 3 is 2.71 bits per heavy atom. The molecule has 0 aliphatic carbocycles. The van der Waals surface area contributed by atoms with E-state index >= 15 is 0 Å². The quantitative estimate of drug-likeness (QED) is 0.687. The predicted octanol–water partition coefficient (Wildman–Crippen LogP) is 0.560. The number of halogens is 3. The predicted molar refractivity (Wildman–Crippen MR) is 55.4 cm³/mol. The van der Waals surface area contributed by atoms with Crippen molar-refractivity contribution >= 4 is 5.91 Å². The monoisotopic (exact) mass is 254 g/mol. The minimum Gasteiger partial charge on any atom is -0.387 e. The summed E-state index contributed by atoms with van der Waals surface area (Å²) in [5, 5.41) is 15.3. The maximum Gasteiger partial charge on any atom is 0.389 e. The SMILES string of the molecule is O=C(CCC(F)(F)F)NC[C@]1(O)CCCNC1. The van der Waals surface area contributed by atoms with E-state index in [1.165, 1.54) is 0 Å². The first-order valence-electron chi connectivity index (χ1n) is 5.57. The molecule has 1 aliphatic rings. The fourth-order valence-electron chi connectivity index (χ4n) is 1.71. The molecule has 1 atom stereocenters. The zero-order valence-corrected chi connectivity index (χ0v) is 9.44. The largest absolute Gasteiger partial charge is 0.389 e. The molecule has 1 rings (SSSR count). The van der Waals surface area contributed by atoms with E-state index in [4.69, 9.17) is 0 Å². The zero-order chi connectivity index (χ0) is 12.9. The van der Waals surface area contributed by atoms with Crippen molar-refractivity contribution < 1.29 is 23.1 Å². The molecule has 1 amide bonds. The van der Waals surface area contributed by atoms with Crippen LogP contribution in [0.1, 0.15) is 25.7 Å². The van der Waals surface area contributed by atoms with E-state index < -0.39 is 30.5 Å². The van der Waals surface area contributed by atoms with Gasteiger partial charge in [-0.25, -0.2) is 0 Å². The van der Waals surface area contributed by atoms with Gasteiger partial charge in [-0.1, -0.05) is 0 Å². The Morgan fingerprint density at radius 2 is 2.18 bits per heavy atom. The van der Waals surface area contributed by atoms with Gasteiger partial charge in [0.15, 0.2) is 0 Å². The average Bonchev–Trinajstić information content (AvgIpc) is 2.24. The highest BCUT2D eigenvalue weighted by atomic mass is 19.4. The molecule has 0 spiro atoms. The lowest BCUT2D eigenvalue weighted by Crippen LogP contribution is -2.52. The molecule has 0 aromatic heterocycles. The van der Waals surface area contributed by atoms with Crippen molar-refractivity contribution in [2.75, 3.05) is 19.6 Å². The number of alkyl halides is 3. The summed E-state index contributed by atoms with van der Waals surface area (Å²) >= 11 is 0. The highest BCUT2D eigenvalue weighted by Gasteiger charge is 2.31. The molecule has 1 saturated heterocycles. The van der Waals surface area contributed by atoms with Crippen LogP contribution in [0, 0.1) is 0 Å². The lowest BCUT2D eigenvalue weighted by molar-refractivity contribution is -0.144. The fourth-order valence-corrected chi connectivity index (χ4v) is 1.71. The van der Waals surface area contributed by atoms with E-state index in [1.807, 2.05) is 0 Å². The van der Waals surface area contributed by atoms with Crippen LogP contribution in [0.2, 0.25) is 0 Å². The Labute approximate surface area is 97.6 Å². The second kappa shape index (κ2) is 5.68. The van der Waals surface area contributed by atoms with Crippen LogP contribution >= 0.6 is 0 Å². The molecule has 0 radical (unpaired) electrons. The minimum atomic E-state index is -4.32. The van der Waals surface area contributed by atoms with Crippen molar-refractivity contribution in [2.24, 2.45) is 0 Å². The molecule has 0 saturated carbocycles. The summed E-state index contributed by atoms with van der Waals surface area (Å²) in [7, 11) is 0. The number of piperidine rings is 1. The summed E-state index contributed by atoms with van der Waals surface area (Å²) in [6.45, 7) is 1.16. The van der Waals surface area contributed by atoms with E-state index in [0.717, 1.165) is 13.0 Å². The number of β-amino-alcohol motifs (C(OH)–C–C–N with tert-alkyl or cyclic N) is 1. The molecule has 1 heterocycles. The molecule has 17 heavy (non-hydrogen) atoms. The molecule has 100 valence electrons. The molecular weight excluding hydrogens is 237 g/mol. The third-order valence-corrected chi connectivity index (χ3v) is 2.70. The number of carbonyl (C=O) groups excluding carboxylic acids is 1. The Hall–Kier alpha value is -0.820. The second-order valence-electron chi connectivity index (χ2n) is 4.40. The number of amides is 1. The summed E-state index contributed by atoms with van der Waals surface area (Å²) in [5.74, 6) is -0.679. The zero-order valence-electron chi connectivity index (χ0n) is 9.44. The summed E-state index contributed by atoms with van der Waals surface area (Å²) in [6.07, 6.45) is -4.71. The van der Waals surface area contributed by atoms with Gasteiger partial charge in [0.2, 0.25) is 5.91 Å². The van der Waals surface area contributed by atoms with Crippen LogP contribution in [-0.2, 0) is 4.79 Å². The van der Waals surface area contributed by atoms with Crippen LogP contribution in [0.5, 0.6) is 0 Å². The highest BCUT2D eigenvalue weighted by molar-refractivity contribution is 5.75. The van der Waals surface area contributed by atoms with E-state index in [-0.39, 0.29) is 6.54 Å². The molecule has 1 fully saturated rings. The standard InChI is InChI=1S/C10H17F3N2O2/c11-10(12,13)4-2-8(16)15-7-9(17)3-1-5-14-6-9/h14,17H,1-7H2,(H,15,16)/t9-/m0/s1. The molecule has 1 aliphatic heterocycles. The highest BCUT2D eigenvalue weighted by Crippen LogP contribution is 2.21. The maximum absolute atomic E-state index is 11.8. The van der Waals surface area contributed by atoms with Gasteiger partial charge in [-0.2, -0.15) is 13.2 Å². The molecule has 0 bridgehead atoms. The first-order valence-corrected chi connectivity index (χ1v) is 5.57. The molecule has 7 heteroatoms. The summed E-state index contributed by atoms with van der Waals surface area (Å²) in [5.41, 5.74) is -1.04. The molecule has 0 aromatic rings. The smallest absolute Gasteiger partial charge is 0.387 e. The van der Waals surface area contributed by atoms with Crippen molar-refractivity contribution in [2.45, 2.75) is 37.5 Å². The van der Waals surface area contributed by atoms with Gasteiger partial charge >= 0.3 is 6.18 Å². The molecular formula is C10H17F3N2O2. The molecule has 0 unspecified atom stereocenters. The van der Waals surface area contributed by atoms with E-state index in [9.17, 15) is 23.1 Å². The van der Waals surface area contributed by atoms with Crippen LogP contribution < -0.4 is 10.6 Å². The Bertz CT molecular complexity index is 263. The third kappa shape index (κ3) is 5.88. The lowest BCUT2D eigenvalue weighted by atomic mass is 9.94. The average molecular weight is 254 g/mol. The number of nitrogens with one attached hydrogen (secondary N) is 2. The van der Waals surface area contributed by atoms with Crippen LogP contribution in [-0.4, -0.2) is 42.4 Å². The van der Waals surface area contributed by atoms with Gasteiger partial charge < -0.3 is 15.7 Å². The lowest BCUT2D eigenvalue weighted by Gasteiger charge is -2.32. The molecule has 0 aromatic carbocycles. The Balaban J connectivity index is 2.23. The molecule has 4 nitrogen and oxygen atoms in total. The van der Waals surface area contributed by atoms with Gasteiger partial charge in [-0.3, -0.25) is 4.79 Å². The van der Waals surface area contributed by atoms with E-state index in [0.29, 0.717) is 13.0 Å². The normalized spacial score (nSPS) is 25.6.